The van der Waals surface area contributed by atoms with Crippen molar-refractivity contribution in [3.05, 3.63) is 40.7 Å². The monoisotopic (exact) mass is 287 g/mol. The number of aryl methyl sites for hydroxylation is 1. The minimum atomic E-state index is -0.363. The molecule has 0 radical (unpaired) electrons. The van der Waals surface area contributed by atoms with Crippen LogP contribution < -0.4 is 5.73 Å². The summed E-state index contributed by atoms with van der Waals surface area (Å²) in [4.78, 5) is 11.7. The SMILES string of the molecule is CCOC(=O)c1ccc(-n2nc(C)c(CC)c2C)c(N)c1. The van der Waals surface area contributed by atoms with E-state index >= 15 is 0 Å². The van der Waals surface area contributed by atoms with Crippen molar-refractivity contribution < 1.29 is 9.53 Å². The molecule has 0 saturated heterocycles. The third kappa shape index (κ3) is 2.77. The van der Waals surface area contributed by atoms with E-state index in [1.54, 1.807) is 25.1 Å². The molecule has 0 fully saturated rings. The van der Waals surface area contributed by atoms with Gasteiger partial charge < -0.3 is 10.5 Å². The molecular formula is C16H21N3O2. The van der Waals surface area contributed by atoms with Gasteiger partial charge >= 0.3 is 5.97 Å². The summed E-state index contributed by atoms with van der Waals surface area (Å²) < 4.78 is 6.81. The maximum Gasteiger partial charge on any atom is 0.338 e. The van der Waals surface area contributed by atoms with Gasteiger partial charge in [0.05, 0.1) is 29.2 Å². The molecule has 1 heterocycles. The summed E-state index contributed by atoms with van der Waals surface area (Å²) in [5, 5.41) is 4.54. The molecule has 0 atom stereocenters. The number of carbonyl (C=O) groups is 1. The maximum absolute atomic E-state index is 11.7. The highest BCUT2D eigenvalue weighted by molar-refractivity contribution is 5.91. The predicted octanol–water partition coefficient (Wildman–Crippen LogP) is 2.81. The number of nitrogens with two attached hydrogens (primary N) is 1. The molecule has 0 aliphatic carbocycles. The van der Waals surface area contributed by atoms with Gasteiger partial charge in [0.1, 0.15) is 0 Å². The third-order valence-corrected chi connectivity index (χ3v) is 3.56. The highest BCUT2D eigenvalue weighted by atomic mass is 16.5. The minimum absolute atomic E-state index is 0.345. The summed E-state index contributed by atoms with van der Waals surface area (Å²) in [5.41, 5.74) is 11.1. The molecule has 0 saturated carbocycles. The zero-order valence-electron chi connectivity index (χ0n) is 12.9. The van der Waals surface area contributed by atoms with Gasteiger partial charge in [0.2, 0.25) is 0 Å². The van der Waals surface area contributed by atoms with E-state index in [0.717, 1.165) is 23.5 Å². The number of hydrogen-bond acceptors (Lipinski definition) is 4. The van der Waals surface area contributed by atoms with Crippen molar-refractivity contribution >= 4 is 11.7 Å². The lowest BCUT2D eigenvalue weighted by Gasteiger charge is -2.10. The first kappa shape index (κ1) is 15.1. The standard InChI is InChI=1S/C16H21N3O2/c1-5-13-10(3)18-19(11(13)4)15-8-7-12(9-14(15)17)16(20)21-6-2/h7-9H,5-6,17H2,1-4H3. The van der Waals surface area contributed by atoms with Crippen molar-refractivity contribution in [1.29, 1.82) is 0 Å². The Morgan fingerprint density at radius 3 is 2.57 bits per heavy atom. The number of nitrogen functional groups attached to an aromatic ring is 1. The summed E-state index contributed by atoms with van der Waals surface area (Å²) in [6.07, 6.45) is 0.929. The van der Waals surface area contributed by atoms with E-state index in [9.17, 15) is 4.79 Å². The van der Waals surface area contributed by atoms with Gasteiger partial charge in [-0.25, -0.2) is 9.48 Å². The van der Waals surface area contributed by atoms with Gasteiger partial charge in [-0.3, -0.25) is 0 Å². The number of esters is 1. The van der Waals surface area contributed by atoms with Crippen LogP contribution in [0.25, 0.3) is 5.69 Å². The summed E-state index contributed by atoms with van der Waals surface area (Å²) in [6, 6.07) is 5.15. The molecule has 0 aliphatic rings. The van der Waals surface area contributed by atoms with Crippen molar-refractivity contribution in [2.45, 2.75) is 34.1 Å². The van der Waals surface area contributed by atoms with Crippen LogP contribution in [-0.2, 0) is 11.2 Å². The second-order valence-corrected chi connectivity index (χ2v) is 4.91. The number of ether oxygens (including phenoxy) is 1. The molecule has 0 aliphatic heterocycles. The van der Waals surface area contributed by atoms with Crippen LogP contribution in [0.1, 0.15) is 41.2 Å². The molecule has 0 bridgehead atoms. The maximum atomic E-state index is 11.7. The van der Waals surface area contributed by atoms with E-state index in [2.05, 4.69) is 12.0 Å². The smallest absolute Gasteiger partial charge is 0.338 e. The predicted molar refractivity (Wildman–Crippen MR) is 82.8 cm³/mol. The number of carbonyl (C=O) groups excluding carboxylic acids is 1. The van der Waals surface area contributed by atoms with Crippen LogP contribution in [0.2, 0.25) is 0 Å². The highest BCUT2D eigenvalue weighted by Gasteiger charge is 2.15. The number of aromatic nitrogens is 2. The molecule has 0 spiro atoms. The normalized spacial score (nSPS) is 10.7. The lowest BCUT2D eigenvalue weighted by Crippen LogP contribution is -2.08. The van der Waals surface area contributed by atoms with Crippen LogP contribution in [0.15, 0.2) is 18.2 Å². The zero-order valence-corrected chi connectivity index (χ0v) is 12.9. The first-order chi connectivity index (χ1) is 9.99. The molecule has 2 rings (SSSR count). The topological polar surface area (TPSA) is 70.1 Å². The summed E-state index contributed by atoms with van der Waals surface area (Å²) in [7, 11) is 0. The van der Waals surface area contributed by atoms with Crippen LogP contribution in [0.5, 0.6) is 0 Å². The quantitative estimate of drug-likeness (QED) is 0.693. The van der Waals surface area contributed by atoms with Gasteiger partial charge in [0.25, 0.3) is 0 Å². The van der Waals surface area contributed by atoms with Crippen molar-refractivity contribution in [3.63, 3.8) is 0 Å². The first-order valence-corrected chi connectivity index (χ1v) is 7.11. The Kier molecular flexibility index (Phi) is 4.31. The van der Waals surface area contributed by atoms with E-state index in [1.165, 1.54) is 5.56 Å². The van der Waals surface area contributed by atoms with Gasteiger partial charge in [0, 0.05) is 5.69 Å². The number of rotatable bonds is 4. The van der Waals surface area contributed by atoms with Gasteiger partial charge in [-0.2, -0.15) is 5.10 Å². The van der Waals surface area contributed by atoms with Crippen LogP contribution >= 0.6 is 0 Å². The largest absolute Gasteiger partial charge is 0.462 e. The molecule has 1 aromatic carbocycles. The first-order valence-electron chi connectivity index (χ1n) is 7.11. The Labute approximate surface area is 124 Å². The van der Waals surface area contributed by atoms with Gasteiger partial charge in [0.15, 0.2) is 0 Å². The number of benzene rings is 1. The Morgan fingerprint density at radius 2 is 2.05 bits per heavy atom. The van der Waals surface area contributed by atoms with Crippen LogP contribution in [0.4, 0.5) is 5.69 Å². The summed E-state index contributed by atoms with van der Waals surface area (Å²) in [5.74, 6) is -0.363. The van der Waals surface area contributed by atoms with Crippen LogP contribution in [0.3, 0.4) is 0 Å². The lowest BCUT2D eigenvalue weighted by molar-refractivity contribution is 0.0526. The van der Waals surface area contributed by atoms with Crippen molar-refractivity contribution in [3.8, 4) is 5.69 Å². The third-order valence-electron chi connectivity index (χ3n) is 3.56. The number of nitrogens with zero attached hydrogens (tertiary/aromatic N) is 2. The second kappa shape index (κ2) is 5.99. The van der Waals surface area contributed by atoms with Crippen molar-refractivity contribution in [2.75, 3.05) is 12.3 Å². The fourth-order valence-electron chi connectivity index (χ4n) is 2.51. The van der Waals surface area contributed by atoms with Crippen LogP contribution in [0, 0.1) is 13.8 Å². The second-order valence-electron chi connectivity index (χ2n) is 4.91. The van der Waals surface area contributed by atoms with Gasteiger partial charge in [-0.15, -0.1) is 0 Å². The molecule has 0 unspecified atom stereocenters. The fourth-order valence-corrected chi connectivity index (χ4v) is 2.51. The highest BCUT2D eigenvalue weighted by Crippen LogP contribution is 2.23. The molecule has 5 nitrogen and oxygen atoms in total. The molecule has 112 valence electrons. The van der Waals surface area contributed by atoms with E-state index < -0.39 is 0 Å². The average Bonchev–Trinajstić information content (AvgIpc) is 2.73. The molecular weight excluding hydrogens is 266 g/mol. The van der Waals surface area contributed by atoms with Crippen molar-refractivity contribution in [2.24, 2.45) is 0 Å². The van der Waals surface area contributed by atoms with E-state index in [-0.39, 0.29) is 5.97 Å². The molecule has 2 N–H and O–H groups in total. The van der Waals surface area contributed by atoms with Crippen LogP contribution in [-0.4, -0.2) is 22.4 Å². The minimum Gasteiger partial charge on any atom is -0.462 e. The molecule has 1 aromatic heterocycles. The fraction of sp³-hybridized carbons (Fsp3) is 0.375. The Morgan fingerprint density at radius 1 is 1.33 bits per heavy atom. The number of hydrogen-bond donors (Lipinski definition) is 1. The molecule has 21 heavy (non-hydrogen) atoms. The van der Waals surface area contributed by atoms with E-state index in [0.29, 0.717) is 17.9 Å². The molecule has 2 aromatic rings. The van der Waals surface area contributed by atoms with E-state index in [4.69, 9.17) is 10.5 Å². The van der Waals surface area contributed by atoms with Crippen molar-refractivity contribution in [1.82, 2.24) is 9.78 Å². The summed E-state index contributed by atoms with van der Waals surface area (Å²) in [6.45, 7) is 8.24. The molecule has 0 amide bonds. The van der Waals surface area contributed by atoms with E-state index in [1.807, 2.05) is 18.5 Å². The lowest BCUT2D eigenvalue weighted by atomic mass is 10.1. The molecule has 5 heteroatoms. The van der Waals surface area contributed by atoms with Gasteiger partial charge in [-0.05, 0) is 51.0 Å². The zero-order chi connectivity index (χ0) is 15.6. The average molecular weight is 287 g/mol. The Balaban J connectivity index is 2.44. The van der Waals surface area contributed by atoms with Gasteiger partial charge in [-0.1, -0.05) is 6.92 Å². The summed E-state index contributed by atoms with van der Waals surface area (Å²) >= 11 is 0. The Hall–Kier alpha value is -2.30. The Bertz CT molecular complexity index is 674. The number of anilines is 1.